The summed E-state index contributed by atoms with van der Waals surface area (Å²) < 4.78 is 96.2. The molecule has 2 aromatic carbocycles. The van der Waals surface area contributed by atoms with E-state index in [9.17, 15) is 41.0 Å². The highest BCUT2D eigenvalue weighted by atomic mass is 19.4. The third kappa shape index (κ3) is 6.37. The van der Waals surface area contributed by atoms with Crippen LogP contribution in [0, 0.1) is 0 Å². The maximum atomic E-state index is 13.5. The lowest BCUT2D eigenvalue weighted by Gasteiger charge is -2.43. The number of ether oxygens (including phenoxy) is 3. The van der Waals surface area contributed by atoms with E-state index in [2.05, 4.69) is 0 Å². The average molecular weight is 579 g/mol. The number of halogens is 6. The lowest BCUT2D eigenvalue weighted by Crippen LogP contribution is -2.47. The van der Waals surface area contributed by atoms with E-state index in [-0.39, 0.29) is 41.7 Å². The molecule has 220 valence electrons. The number of amides is 2. The molecule has 2 aromatic rings. The first-order chi connectivity index (χ1) is 18.7. The minimum Gasteiger partial charge on any atom is -0.496 e. The Balaban J connectivity index is 2.20. The zero-order valence-electron chi connectivity index (χ0n) is 22.0. The van der Waals surface area contributed by atoms with Gasteiger partial charge in [-0.1, -0.05) is 0 Å². The zero-order valence-corrected chi connectivity index (χ0v) is 22.0. The molecule has 1 aliphatic rings. The molecule has 0 saturated heterocycles. The van der Waals surface area contributed by atoms with Crippen molar-refractivity contribution in [3.63, 3.8) is 0 Å². The number of hydrogen-bond donors (Lipinski definition) is 1. The van der Waals surface area contributed by atoms with Crippen molar-refractivity contribution in [2.75, 3.05) is 25.7 Å². The maximum Gasteiger partial charge on any atom is 0.416 e. The highest BCUT2D eigenvalue weighted by molar-refractivity contribution is 5.91. The minimum atomic E-state index is -5.08. The largest absolute Gasteiger partial charge is 0.496 e. The summed E-state index contributed by atoms with van der Waals surface area (Å²) in [6.07, 6.45) is -11.9. The lowest BCUT2D eigenvalue weighted by molar-refractivity contribution is -0.143. The molecule has 3 rings (SSSR count). The Labute approximate surface area is 226 Å². The molecule has 0 fully saturated rings. The standard InChI is InChI=1S/C26H28F6N2O6/c1-5-40-24(37)34-14(2)6-20(19-9-16(13-35)22(38-3)11-21(19)34)33(23(36)39-4)12-15-7-17(25(27,28)29)10-18(8-15)26(30,31)32/h7-11,14,20,35H,5-6,12-13H2,1-4H3. The smallest absolute Gasteiger partial charge is 0.416 e. The number of carbonyl (C=O) groups is 2. The number of carbonyl (C=O) groups excluding carboxylic acids is 2. The molecule has 14 heteroatoms. The predicted octanol–water partition coefficient (Wildman–Crippen LogP) is 6.29. The van der Waals surface area contributed by atoms with Gasteiger partial charge in [-0.25, -0.2) is 9.59 Å². The van der Waals surface area contributed by atoms with Gasteiger partial charge < -0.3 is 19.3 Å². The molecule has 1 N–H and O–H groups in total. The van der Waals surface area contributed by atoms with Gasteiger partial charge in [-0.05, 0) is 55.7 Å². The van der Waals surface area contributed by atoms with Crippen molar-refractivity contribution >= 4 is 17.9 Å². The summed E-state index contributed by atoms with van der Waals surface area (Å²) in [5.41, 5.74) is -2.71. The van der Waals surface area contributed by atoms with E-state index in [1.54, 1.807) is 13.8 Å². The van der Waals surface area contributed by atoms with Crippen LogP contribution in [0.3, 0.4) is 0 Å². The van der Waals surface area contributed by atoms with Gasteiger partial charge in [-0.2, -0.15) is 26.3 Å². The van der Waals surface area contributed by atoms with Crippen molar-refractivity contribution in [1.29, 1.82) is 0 Å². The second-order valence-corrected chi connectivity index (χ2v) is 9.06. The second-order valence-electron chi connectivity index (χ2n) is 9.06. The Kier molecular flexibility index (Phi) is 9.12. The number of fused-ring (bicyclic) bond motifs is 1. The van der Waals surface area contributed by atoms with E-state index in [1.165, 1.54) is 24.1 Å². The van der Waals surface area contributed by atoms with Crippen LogP contribution in [0.25, 0.3) is 0 Å². The van der Waals surface area contributed by atoms with Gasteiger partial charge in [-0.3, -0.25) is 9.80 Å². The van der Waals surface area contributed by atoms with Gasteiger partial charge in [0.25, 0.3) is 0 Å². The molecule has 1 aliphatic heterocycles. The highest BCUT2D eigenvalue weighted by Gasteiger charge is 2.41. The first-order valence-corrected chi connectivity index (χ1v) is 12.1. The maximum absolute atomic E-state index is 13.5. The monoisotopic (exact) mass is 578 g/mol. The fraction of sp³-hybridized carbons (Fsp3) is 0.462. The van der Waals surface area contributed by atoms with Crippen molar-refractivity contribution in [2.45, 2.75) is 57.9 Å². The van der Waals surface area contributed by atoms with Gasteiger partial charge in [0.2, 0.25) is 0 Å². The van der Waals surface area contributed by atoms with Crippen LogP contribution in [0.15, 0.2) is 30.3 Å². The number of methoxy groups -OCH3 is 2. The molecule has 1 heterocycles. The first-order valence-electron chi connectivity index (χ1n) is 12.1. The number of aliphatic hydroxyl groups is 1. The molecular formula is C26H28F6N2O6. The fourth-order valence-electron chi connectivity index (χ4n) is 4.71. The number of benzene rings is 2. The summed E-state index contributed by atoms with van der Waals surface area (Å²) in [6, 6.07) is 2.36. The van der Waals surface area contributed by atoms with E-state index in [0.717, 1.165) is 12.0 Å². The minimum absolute atomic E-state index is 0.000979. The Morgan fingerprint density at radius 3 is 2.10 bits per heavy atom. The van der Waals surface area contributed by atoms with Crippen molar-refractivity contribution < 1.29 is 55.2 Å². The second kappa shape index (κ2) is 11.8. The van der Waals surface area contributed by atoms with E-state index < -0.39 is 66.5 Å². The zero-order chi connectivity index (χ0) is 30.0. The average Bonchev–Trinajstić information content (AvgIpc) is 2.89. The summed E-state index contributed by atoms with van der Waals surface area (Å²) in [5, 5.41) is 9.89. The summed E-state index contributed by atoms with van der Waals surface area (Å²) in [5.74, 6) is 0.209. The number of alkyl halides is 6. The van der Waals surface area contributed by atoms with E-state index in [4.69, 9.17) is 14.2 Å². The number of hydrogen-bond acceptors (Lipinski definition) is 6. The summed E-state index contributed by atoms with van der Waals surface area (Å²) in [7, 11) is 2.36. The molecule has 8 nitrogen and oxygen atoms in total. The Morgan fingerprint density at radius 1 is 1.02 bits per heavy atom. The van der Waals surface area contributed by atoms with Crippen LogP contribution in [-0.4, -0.2) is 49.1 Å². The quantitative estimate of drug-likeness (QED) is 0.406. The van der Waals surface area contributed by atoms with Crippen LogP contribution in [0.5, 0.6) is 5.75 Å². The predicted molar refractivity (Wildman–Crippen MR) is 130 cm³/mol. The van der Waals surface area contributed by atoms with Crippen molar-refractivity contribution in [1.82, 2.24) is 4.90 Å². The summed E-state index contributed by atoms with van der Waals surface area (Å²) in [6.45, 7) is 2.11. The van der Waals surface area contributed by atoms with E-state index in [0.29, 0.717) is 12.1 Å². The molecule has 2 atom stereocenters. The summed E-state index contributed by atoms with van der Waals surface area (Å²) in [4.78, 5) is 28.1. The van der Waals surface area contributed by atoms with E-state index >= 15 is 0 Å². The molecule has 0 saturated carbocycles. The number of anilines is 1. The molecule has 0 bridgehead atoms. The van der Waals surface area contributed by atoms with Gasteiger partial charge in [0.15, 0.2) is 0 Å². The number of aliphatic hydroxyl groups excluding tert-OH is 1. The number of rotatable bonds is 6. The van der Waals surface area contributed by atoms with Gasteiger partial charge >= 0.3 is 24.5 Å². The van der Waals surface area contributed by atoms with Gasteiger partial charge in [-0.15, -0.1) is 0 Å². The Hall–Kier alpha value is -3.68. The third-order valence-corrected chi connectivity index (χ3v) is 6.47. The Bertz CT molecular complexity index is 1220. The molecule has 40 heavy (non-hydrogen) atoms. The topological polar surface area (TPSA) is 88.5 Å². The molecule has 0 aliphatic carbocycles. The lowest BCUT2D eigenvalue weighted by atomic mass is 9.89. The normalized spacial score (nSPS) is 17.2. The van der Waals surface area contributed by atoms with Gasteiger partial charge in [0.05, 0.1) is 50.3 Å². The molecule has 0 aromatic heterocycles. The van der Waals surface area contributed by atoms with Crippen LogP contribution in [0.2, 0.25) is 0 Å². The van der Waals surface area contributed by atoms with Gasteiger partial charge in [0.1, 0.15) is 5.75 Å². The SMILES string of the molecule is CCOC(=O)N1c2cc(OC)c(CO)cc2C(N(Cc2cc(C(F)(F)F)cc(C(F)(F)F)c2)C(=O)OC)CC1C. The third-order valence-electron chi connectivity index (χ3n) is 6.47. The highest BCUT2D eigenvalue weighted by Crippen LogP contribution is 2.45. The number of nitrogens with zero attached hydrogens (tertiary/aromatic N) is 2. The van der Waals surface area contributed by atoms with Crippen LogP contribution < -0.4 is 9.64 Å². The van der Waals surface area contributed by atoms with Crippen LogP contribution in [0.1, 0.15) is 54.1 Å². The molecule has 0 radical (unpaired) electrons. The van der Waals surface area contributed by atoms with Crippen molar-refractivity contribution in [2.24, 2.45) is 0 Å². The van der Waals surface area contributed by atoms with E-state index in [1.807, 2.05) is 0 Å². The molecule has 2 amide bonds. The molecule has 2 unspecified atom stereocenters. The van der Waals surface area contributed by atoms with Crippen LogP contribution >= 0.6 is 0 Å². The molecule has 0 spiro atoms. The van der Waals surface area contributed by atoms with Gasteiger partial charge in [0, 0.05) is 24.2 Å². The Morgan fingerprint density at radius 2 is 1.62 bits per heavy atom. The van der Waals surface area contributed by atoms with Crippen molar-refractivity contribution in [3.8, 4) is 5.75 Å². The van der Waals surface area contributed by atoms with Crippen LogP contribution in [0.4, 0.5) is 41.6 Å². The summed E-state index contributed by atoms with van der Waals surface area (Å²) >= 11 is 0. The fourth-order valence-corrected chi connectivity index (χ4v) is 4.71. The van der Waals surface area contributed by atoms with Crippen LogP contribution in [-0.2, 0) is 35.0 Å². The first kappa shape index (κ1) is 30.9. The van der Waals surface area contributed by atoms with Crippen molar-refractivity contribution in [3.05, 3.63) is 58.1 Å². The molecular weight excluding hydrogens is 550 g/mol.